The highest BCUT2D eigenvalue weighted by Crippen LogP contribution is 2.16. The normalized spacial score (nSPS) is 10.3. The summed E-state index contributed by atoms with van der Waals surface area (Å²) in [6, 6.07) is 6.39. The van der Waals surface area contributed by atoms with Crippen LogP contribution >= 0.6 is 11.6 Å². The Morgan fingerprint density at radius 1 is 1.27 bits per heavy atom. The standard InChI is InChI=1S/C13H15ClN6O2/c1-2-7-15-13(22)16-11(21)8-20-18-12(17-19-20)9-3-5-10(14)6-4-9/h3-6H,2,7-8H2,1H3,(H2,15,16,21,22). The van der Waals surface area contributed by atoms with E-state index >= 15 is 0 Å². The van der Waals surface area contributed by atoms with Crippen molar-refractivity contribution in [2.45, 2.75) is 19.9 Å². The molecule has 2 aromatic rings. The van der Waals surface area contributed by atoms with Crippen molar-refractivity contribution in [1.82, 2.24) is 30.8 Å². The molecule has 2 rings (SSSR count). The SMILES string of the molecule is CCCNC(=O)NC(=O)Cn1nnc(-c2ccc(Cl)cc2)n1. The summed E-state index contributed by atoms with van der Waals surface area (Å²) in [5, 5.41) is 17.0. The molecule has 9 heteroatoms. The Balaban J connectivity index is 1.93. The monoisotopic (exact) mass is 322 g/mol. The second kappa shape index (κ2) is 7.51. The van der Waals surface area contributed by atoms with Gasteiger partial charge < -0.3 is 5.32 Å². The number of nitrogens with one attached hydrogen (secondary N) is 2. The van der Waals surface area contributed by atoms with Gasteiger partial charge >= 0.3 is 6.03 Å². The molecule has 0 saturated heterocycles. The molecular weight excluding hydrogens is 308 g/mol. The zero-order valence-electron chi connectivity index (χ0n) is 11.9. The molecular formula is C13H15ClN6O2. The molecule has 0 fully saturated rings. The molecule has 0 aliphatic rings. The minimum atomic E-state index is -0.537. The van der Waals surface area contributed by atoms with Gasteiger partial charge in [0.2, 0.25) is 5.82 Å². The molecule has 3 amide bonds. The van der Waals surface area contributed by atoms with Gasteiger partial charge in [-0.1, -0.05) is 18.5 Å². The number of halogens is 1. The summed E-state index contributed by atoms with van der Waals surface area (Å²) >= 11 is 5.81. The van der Waals surface area contributed by atoms with E-state index in [1.165, 1.54) is 0 Å². The second-order valence-corrected chi connectivity index (χ2v) is 4.89. The van der Waals surface area contributed by atoms with Crippen molar-refractivity contribution in [2.75, 3.05) is 6.54 Å². The third-order valence-electron chi connectivity index (χ3n) is 2.63. The predicted molar refractivity (Wildman–Crippen MR) is 80.1 cm³/mol. The van der Waals surface area contributed by atoms with Gasteiger partial charge in [-0.3, -0.25) is 10.1 Å². The lowest BCUT2D eigenvalue weighted by molar-refractivity contribution is -0.121. The smallest absolute Gasteiger partial charge is 0.321 e. The molecule has 116 valence electrons. The fraction of sp³-hybridized carbons (Fsp3) is 0.308. The number of hydrogen-bond acceptors (Lipinski definition) is 5. The summed E-state index contributed by atoms with van der Waals surface area (Å²) in [5.74, 6) is -0.145. The highest BCUT2D eigenvalue weighted by atomic mass is 35.5. The van der Waals surface area contributed by atoms with Crippen LogP contribution in [0.25, 0.3) is 11.4 Å². The number of hydrogen-bond donors (Lipinski definition) is 2. The largest absolute Gasteiger partial charge is 0.338 e. The molecule has 0 radical (unpaired) electrons. The quantitative estimate of drug-likeness (QED) is 0.862. The number of carbonyl (C=O) groups is 2. The molecule has 0 saturated carbocycles. The van der Waals surface area contributed by atoms with Crippen LogP contribution in [0.1, 0.15) is 13.3 Å². The Morgan fingerprint density at radius 3 is 2.68 bits per heavy atom. The maximum Gasteiger partial charge on any atom is 0.321 e. The van der Waals surface area contributed by atoms with Gasteiger partial charge in [0.15, 0.2) is 0 Å². The van der Waals surface area contributed by atoms with Gasteiger partial charge in [0.1, 0.15) is 6.54 Å². The summed E-state index contributed by atoms with van der Waals surface area (Å²) < 4.78 is 0. The van der Waals surface area contributed by atoms with Crippen molar-refractivity contribution < 1.29 is 9.59 Å². The molecule has 1 heterocycles. The predicted octanol–water partition coefficient (Wildman–Crippen LogP) is 1.23. The van der Waals surface area contributed by atoms with Crippen LogP contribution in [0.15, 0.2) is 24.3 Å². The van der Waals surface area contributed by atoms with Gasteiger partial charge in [0, 0.05) is 17.1 Å². The third kappa shape index (κ3) is 4.52. The van der Waals surface area contributed by atoms with Crippen LogP contribution in [0.3, 0.4) is 0 Å². The molecule has 8 nitrogen and oxygen atoms in total. The Hall–Kier alpha value is -2.48. The van der Waals surface area contributed by atoms with Crippen molar-refractivity contribution in [3.05, 3.63) is 29.3 Å². The minimum absolute atomic E-state index is 0.194. The van der Waals surface area contributed by atoms with Gasteiger partial charge in [0.05, 0.1) is 0 Å². The fourth-order valence-corrected chi connectivity index (χ4v) is 1.73. The van der Waals surface area contributed by atoms with Crippen LogP contribution < -0.4 is 10.6 Å². The molecule has 0 unspecified atom stereocenters. The average Bonchev–Trinajstić information content (AvgIpc) is 2.94. The zero-order chi connectivity index (χ0) is 15.9. The lowest BCUT2D eigenvalue weighted by Gasteiger charge is -2.04. The van der Waals surface area contributed by atoms with Crippen molar-refractivity contribution in [3.63, 3.8) is 0 Å². The van der Waals surface area contributed by atoms with Crippen LogP contribution in [0.2, 0.25) is 5.02 Å². The Labute approximate surface area is 131 Å². The summed E-state index contributed by atoms with van der Waals surface area (Å²) in [6.45, 7) is 2.22. The summed E-state index contributed by atoms with van der Waals surface area (Å²) in [5.41, 5.74) is 0.733. The van der Waals surface area contributed by atoms with E-state index in [-0.39, 0.29) is 6.54 Å². The molecule has 22 heavy (non-hydrogen) atoms. The van der Waals surface area contributed by atoms with E-state index in [2.05, 4.69) is 26.0 Å². The number of benzene rings is 1. The number of rotatable bonds is 5. The molecule has 0 atom stereocenters. The van der Waals surface area contributed by atoms with Gasteiger partial charge in [-0.25, -0.2) is 4.79 Å². The Kier molecular flexibility index (Phi) is 5.42. The third-order valence-corrected chi connectivity index (χ3v) is 2.88. The maximum absolute atomic E-state index is 11.7. The van der Waals surface area contributed by atoms with E-state index in [0.29, 0.717) is 17.4 Å². The molecule has 0 spiro atoms. The Morgan fingerprint density at radius 2 is 2.00 bits per heavy atom. The van der Waals surface area contributed by atoms with E-state index in [1.807, 2.05) is 6.92 Å². The number of tetrazole rings is 1. The van der Waals surface area contributed by atoms with E-state index in [4.69, 9.17) is 11.6 Å². The first kappa shape index (κ1) is 15.9. The second-order valence-electron chi connectivity index (χ2n) is 4.45. The summed E-state index contributed by atoms with van der Waals surface area (Å²) in [4.78, 5) is 24.1. The van der Waals surface area contributed by atoms with E-state index in [9.17, 15) is 9.59 Å². The van der Waals surface area contributed by atoms with Crippen molar-refractivity contribution in [1.29, 1.82) is 0 Å². The molecule has 1 aromatic carbocycles. The molecule has 2 N–H and O–H groups in total. The van der Waals surface area contributed by atoms with Crippen LogP contribution in [-0.2, 0) is 11.3 Å². The molecule has 0 bridgehead atoms. The number of carbonyl (C=O) groups excluding carboxylic acids is 2. The first-order chi connectivity index (χ1) is 10.6. The van der Waals surface area contributed by atoms with Crippen LogP contribution in [-0.4, -0.2) is 38.7 Å². The van der Waals surface area contributed by atoms with Gasteiger partial charge in [-0.2, -0.15) is 4.80 Å². The number of aromatic nitrogens is 4. The van der Waals surface area contributed by atoms with E-state index in [1.54, 1.807) is 24.3 Å². The van der Waals surface area contributed by atoms with Crippen molar-refractivity contribution in [3.8, 4) is 11.4 Å². The molecule has 0 aliphatic carbocycles. The summed E-state index contributed by atoms with van der Waals surface area (Å²) in [6.07, 6.45) is 0.788. The van der Waals surface area contributed by atoms with Crippen LogP contribution in [0.5, 0.6) is 0 Å². The lowest BCUT2D eigenvalue weighted by atomic mass is 10.2. The van der Waals surface area contributed by atoms with Crippen LogP contribution in [0.4, 0.5) is 4.79 Å². The van der Waals surface area contributed by atoms with Gasteiger partial charge in [-0.15, -0.1) is 10.2 Å². The summed E-state index contributed by atoms with van der Waals surface area (Å²) in [7, 11) is 0. The lowest BCUT2D eigenvalue weighted by Crippen LogP contribution is -2.41. The minimum Gasteiger partial charge on any atom is -0.338 e. The average molecular weight is 323 g/mol. The van der Waals surface area contributed by atoms with Crippen molar-refractivity contribution >= 4 is 23.5 Å². The zero-order valence-corrected chi connectivity index (χ0v) is 12.7. The first-order valence-corrected chi connectivity index (χ1v) is 7.07. The van der Waals surface area contributed by atoms with E-state index in [0.717, 1.165) is 16.8 Å². The van der Waals surface area contributed by atoms with Gasteiger partial charge in [0.25, 0.3) is 5.91 Å². The number of urea groups is 1. The van der Waals surface area contributed by atoms with Gasteiger partial charge in [-0.05, 0) is 35.9 Å². The highest BCUT2D eigenvalue weighted by Gasteiger charge is 2.11. The number of imide groups is 1. The van der Waals surface area contributed by atoms with Crippen LogP contribution in [0, 0.1) is 0 Å². The highest BCUT2D eigenvalue weighted by molar-refractivity contribution is 6.30. The van der Waals surface area contributed by atoms with E-state index < -0.39 is 11.9 Å². The number of amides is 3. The number of nitrogens with zero attached hydrogens (tertiary/aromatic N) is 4. The maximum atomic E-state index is 11.7. The molecule has 0 aliphatic heterocycles. The first-order valence-electron chi connectivity index (χ1n) is 6.70. The topological polar surface area (TPSA) is 102 Å². The van der Waals surface area contributed by atoms with Crippen molar-refractivity contribution in [2.24, 2.45) is 0 Å². The Bertz CT molecular complexity index is 655. The fourth-order valence-electron chi connectivity index (χ4n) is 1.60. The molecule has 1 aromatic heterocycles.